The fraction of sp³-hybridized carbons (Fsp3) is 0.542. The van der Waals surface area contributed by atoms with E-state index in [1.165, 1.54) is 31.4 Å². The van der Waals surface area contributed by atoms with Crippen LogP contribution >= 0.6 is 11.3 Å². The first kappa shape index (κ1) is 20.4. The molecule has 3 heterocycles. The Morgan fingerprint density at radius 3 is 2.90 bits per heavy atom. The number of ether oxygens (including phenoxy) is 2. The van der Waals surface area contributed by atoms with Gasteiger partial charge in [-0.1, -0.05) is 24.8 Å². The minimum atomic E-state index is 0.0639. The Labute approximate surface area is 178 Å². The summed E-state index contributed by atoms with van der Waals surface area (Å²) in [6.45, 7) is 2.54. The van der Waals surface area contributed by atoms with Gasteiger partial charge in [0.15, 0.2) is 0 Å². The Kier molecular flexibility index (Phi) is 6.24. The Morgan fingerprint density at radius 2 is 2.17 bits per heavy atom. The molecule has 0 bridgehead atoms. The van der Waals surface area contributed by atoms with Crippen molar-refractivity contribution in [2.45, 2.75) is 62.5 Å². The Morgan fingerprint density at radius 1 is 1.31 bits per heavy atom. The number of nitrogens with zero attached hydrogens (tertiary/aromatic N) is 1. The lowest BCUT2D eigenvalue weighted by atomic mass is 9.68. The van der Waals surface area contributed by atoms with E-state index in [0.717, 1.165) is 55.1 Å². The molecule has 0 radical (unpaired) electrons. The lowest BCUT2D eigenvalue weighted by Crippen LogP contribution is -2.47. The quantitative estimate of drug-likeness (QED) is 0.532. The molecule has 29 heavy (non-hydrogen) atoms. The van der Waals surface area contributed by atoms with Crippen molar-refractivity contribution in [3.63, 3.8) is 0 Å². The maximum atomic E-state index is 6.34. The van der Waals surface area contributed by atoms with E-state index in [-0.39, 0.29) is 11.0 Å². The van der Waals surface area contributed by atoms with Crippen LogP contribution in [0.3, 0.4) is 0 Å². The van der Waals surface area contributed by atoms with E-state index in [0.29, 0.717) is 0 Å². The van der Waals surface area contributed by atoms with E-state index in [1.54, 1.807) is 18.4 Å². The first-order valence-electron chi connectivity index (χ1n) is 10.6. The summed E-state index contributed by atoms with van der Waals surface area (Å²) in [4.78, 5) is 5.94. The molecule has 1 unspecified atom stereocenters. The maximum absolute atomic E-state index is 6.34. The van der Waals surface area contributed by atoms with E-state index < -0.39 is 0 Å². The fourth-order valence-corrected chi connectivity index (χ4v) is 6.08. The van der Waals surface area contributed by atoms with Crippen LogP contribution in [-0.4, -0.2) is 30.8 Å². The van der Waals surface area contributed by atoms with Gasteiger partial charge in [0.1, 0.15) is 5.75 Å². The molecule has 1 saturated heterocycles. The molecule has 1 aliphatic heterocycles. The van der Waals surface area contributed by atoms with Gasteiger partial charge in [-0.15, -0.1) is 17.8 Å². The van der Waals surface area contributed by atoms with Gasteiger partial charge in [0.2, 0.25) is 0 Å². The van der Waals surface area contributed by atoms with Crippen LogP contribution in [0, 0.1) is 12.3 Å². The number of hydrogen-bond donors (Lipinski definition) is 1. The fourth-order valence-electron chi connectivity index (χ4n) is 5.16. The molecule has 1 N–H and O–H groups in total. The number of methoxy groups -OCH3 is 1. The lowest BCUT2D eigenvalue weighted by molar-refractivity contribution is -0.104. The first-order chi connectivity index (χ1) is 14.2. The van der Waals surface area contributed by atoms with Gasteiger partial charge < -0.3 is 14.8 Å². The second kappa shape index (κ2) is 8.87. The van der Waals surface area contributed by atoms with Crippen LogP contribution in [0.5, 0.6) is 5.75 Å². The summed E-state index contributed by atoms with van der Waals surface area (Å²) in [5.74, 6) is 3.53. The average Bonchev–Trinajstić information content (AvgIpc) is 3.38. The predicted octanol–water partition coefficient (Wildman–Crippen LogP) is 4.67. The number of aromatic nitrogens is 1. The highest BCUT2D eigenvalue weighted by molar-refractivity contribution is 7.10. The lowest BCUT2D eigenvalue weighted by Gasteiger charge is -2.46. The molecular weight excluding hydrogens is 380 g/mol. The van der Waals surface area contributed by atoms with E-state index >= 15 is 0 Å². The molecule has 2 aliphatic rings. The van der Waals surface area contributed by atoms with Crippen LogP contribution in [0.15, 0.2) is 29.8 Å². The normalized spacial score (nSPS) is 23.2. The molecule has 2 fully saturated rings. The monoisotopic (exact) mass is 410 g/mol. The summed E-state index contributed by atoms with van der Waals surface area (Å²) >= 11 is 1.66. The smallest absolute Gasteiger partial charge is 0.149 e. The minimum Gasteiger partial charge on any atom is -0.494 e. The van der Waals surface area contributed by atoms with Gasteiger partial charge >= 0.3 is 0 Å². The van der Waals surface area contributed by atoms with Crippen LogP contribution in [0.2, 0.25) is 0 Å². The molecule has 5 heteroatoms. The van der Waals surface area contributed by atoms with Gasteiger partial charge in [-0.05, 0) is 50.8 Å². The van der Waals surface area contributed by atoms with Gasteiger partial charge in [-0.3, -0.25) is 4.98 Å². The van der Waals surface area contributed by atoms with Crippen molar-refractivity contribution in [1.82, 2.24) is 10.3 Å². The summed E-state index contributed by atoms with van der Waals surface area (Å²) in [6, 6.07) is 6.33. The highest BCUT2D eigenvalue weighted by Crippen LogP contribution is 2.49. The van der Waals surface area contributed by atoms with E-state index in [2.05, 4.69) is 23.4 Å². The van der Waals surface area contributed by atoms with Crippen molar-refractivity contribution in [1.29, 1.82) is 0 Å². The molecule has 1 spiro atoms. The molecule has 2 aromatic heterocycles. The third kappa shape index (κ3) is 4.21. The van der Waals surface area contributed by atoms with E-state index in [4.69, 9.17) is 20.9 Å². The second-order valence-electron chi connectivity index (χ2n) is 8.34. The van der Waals surface area contributed by atoms with Gasteiger partial charge in [-0.2, -0.15) is 0 Å². The van der Waals surface area contributed by atoms with Crippen molar-refractivity contribution in [2.75, 3.05) is 20.3 Å². The van der Waals surface area contributed by atoms with Crippen molar-refractivity contribution in [3.8, 4) is 18.1 Å². The molecule has 1 aliphatic carbocycles. The Balaban J connectivity index is 1.46. The zero-order valence-electron chi connectivity index (χ0n) is 17.2. The highest BCUT2D eigenvalue weighted by Gasteiger charge is 2.48. The molecule has 0 amide bonds. The average molecular weight is 411 g/mol. The van der Waals surface area contributed by atoms with E-state index in [9.17, 15) is 0 Å². The van der Waals surface area contributed by atoms with Crippen molar-refractivity contribution >= 4 is 11.3 Å². The summed E-state index contributed by atoms with van der Waals surface area (Å²) in [7, 11) is 1.69. The minimum absolute atomic E-state index is 0.0639. The van der Waals surface area contributed by atoms with Gasteiger partial charge in [0, 0.05) is 35.8 Å². The zero-order chi connectivity index (χ0) is 20.2. The largest absolute Gasteiger partial charge is 0.494 e. The third-order valence-electron chi connectivity index (χ3n) is 6.61. The number of terminal acetylenes is 1. The molecule has 0 aromatic carbocycles. The third-order valence-corrected chi connectivity index (χ3v) is 7.58. The van der Waals surface area contributed by atoms with Crippen LogP contribution < -0.4 is 10.1 Å². The second-order valence-corrected chi connectivity index (χ2v) is 9.30. The van der Waals surface area contributed by atoms with Crippen LogP contribution in [0.25, 0.3) is 0 Å². The van der Waals surface area contributed by atoms with Gasteiger partial charge in [0.05, 0.1) is 23.2 Å². The molecule has 1 atom stereocenters. The number of hydrogen-bond acceptors (Lipinski definition) is 5. The first-order valence-corrected chi connectivity index (χ1v) is 11.5. The number of nitrogens with one attached hydrogen (secondary N) is 1. The summed E-state index contributed by atoms with van der Waals surface area (Å²) in [6.07, 6.45) is 15.6. The Bertz CT molecular complexity index is 852. The van der Waals surface area contributed by atoms with Gasteiger partial charge in [0.25, 0.3) is 0 Å². The summed E-state index contributed by atoms with van der Waals surface area (Å²) < 4.78 is 11.9. The van der Waals surface area contributed by atoms with Crippen molar-refractivity contribution in [3.05, 3.63) is 45.9 Å². The number of pyridine rings is 1. The molecule has 4 rings (SSSR count). The number of rotatable bonds is 7. The SMILES string of the molecule is C#Cc1csc(CNCCC2(c3ccccn3)CCOC3(CCCC3)C2)c1OC. The van der Waals surface area contributed by atoms with Crippen LogP contribution in [0.4, 0.5) is 0 Å². The summed E-state index contributed by atoms with van der Waals surface area (Å²) in [5.41, 5.74) is 2.21. The molecule has 1 saturated carbocycles. The maximum Gasteiger partial charge on any atom is 0.149 e. The molecule has 2 aromatic rings. The van der Waals surface area contributed by atoms with E-state index in [1.807, 2.05) is 17.6 Å². The summed E-state index contributed by atoms with van der Waals surface area (Å²) in [5, 5.41) is 5.62. The zero-order valence-corrected chi connectivity index (χ0v) is 18.0. The van der Waals surface area contributed by atoms with Gasteiger partial charge in [-0.25, -0.2) is 0 Å². The number of thiophene rings is 1. The predicted molar refractivity (Wildman–Crippen MR) is 117 cm³/mol. The molecule has 154 valence electrons. The Hall–Kier alpha value is -1.87. The van der Waals surface area contributed by atoms with Crippen molar-refractivity contribution < 1.29 is 9.47 Å². The van der Waals surface area contributed by atoms with Crippen LogP contribution in [-0.2, 0) is 16.7 Å². The van der Waals surface area contributed by atoms with Crippen LogP contribution in [0.1, 0.15) is 61.1 Å². The standard InChI is InChI=1S/C24H30N2O2S/c1-3-19-17-29-20(22(19)27-2)16-25-14-11-23(21-8-4-7-13-26-21)12-15-28-24(18-23)9-5-6-10-24/h1,4,7-8,13,17,25H,5-6,9-12,14-16,18H2,2H3. The molecule has 4 nitrogen and oxygen atoms in total. The highest BCUT2D eigenvalue weighted by atomic mass is 32.1. The molecular formula is C24H30N2O2S. The van der Waals surface area contributed by atoms with Crippen molar-refractivity contribution in [2.24, 2.45) is 0 Å². The topological polar surface area (TPSA) is 43.4 Å².